The number of aliphatic hydroxyl groups is 1. The van der Waals surface area contributed by atoms with Gasteiger partial charge >= 0.3 is 5.97 Å². The summed E-state index contributed by atoms with van der Waals surface area (Å²) in [5.74, 6) is -1.04. The summed E-state index contributed by atoms with van der Waals surface area (Å²) in [5, 5.41) is 21.0. The molecule has 212 valence electrons. The molecule has 0 saturated carbocycles. The van der Waals surface area contributed by atoms with Crippen LogP contribution in [0.2, 0.25) is 0 Å². The van der Waals surface area contributed by atoms with Gasteiger partial charge in [0.25, 0.3) is 0 Å². The quantitative estimate of drug-likeness (QED) is 0.375. The highest BCUT2D eigenvalue weighted by molar-refractivity contribution is 5.76. The number of carboxylic acids is 1. The van der Waals surface area contributed by atoms with Crippen LogP contribution in [0.1, 0.15) is 92.4 Å². The van der Waals surface area contributed by atoms with Crippen molar-refractivity contribution < 1.29 is 29.3 Å². The maximum absolute atomic E-state index is 12.0. The highest BCUT2D eigenvalue weighted by atomic mass is 16.7. The number of aliphatic carboxylic acids is 1. The summed E-state index contributed by atoms with van der Waals surface area (Å²) >= 11 is 0. The van der Waals surface area contributed by atoms with Crippen molar-refractivity contribution in [2.45, 2.75) is 89.4 Å². The number of carboxylic acid groups (broad SMARTS) is 1. The summed E-state index contributed by atoms with van der Waals surface area (Å²) in [4.78, 5) is 25.2. The van der Waals surface area contributed by atoms with Crippen molar-refractivity contribution in [2.24, 2.45) is 0 Å². The number of amides is 1. The molecule has 8 heteroatoms. The second-order valence-electron chi connectivity index (χ2n) is 10.7. The van der Waals surface area contributed by atoms with Gasteiger partial charge in [-0.3, -0.25) is 9.59 Å². The van der Waals surface area contributed by atoms with Crippen molar-refractivity contribution in [2.75, 3.05) is 19.6 Å². The normalized spacial score (nSPS) is 22.5. The molecular weight excluding hydrogens is 496 g/mol. The molecule has 4 rings (SSSR count). The number of carbonyl (C=O) groups excluding carboxylic acids is 1. The Labute approximate surface area is 231 Å². The summed E-state index contributed by atoms with van der Waals surface area (Å²) in [6.45, 7) is 3.51. The van der Waals surface area contributed by atoms with Crippen molar-refractivity contribution >= 4 is 11.9 Å². The molecule has 2 aromatic carbocycles. The SMILES string of the molecule is O=C(O)CCCC(=O)NCc1ccc([C@H]2O[C@@H](CN3CCCCCCC3)C[C@@H](c3ccc(CO)cc3)O2)cc1. The van der Waals surface area contributed by atoms with Gasteiger partial charge in [-0.05, 0) is 49.0 Å². The number of hydrogen-bond acceptors (Lipinski definition) is 6. The molecule has 0 aliphatic carbocycles. The summed E-state index contributed by atoms with van der Waals surface area (Å²) in [6.07, 6.45) is 7.12. The second kappa shape index (κ2) is 15.1. The van der Waals surface area contributed by atoms with Gasteiger partial charge < -0.3 is 29.9 Å². The molecular formula is C31H42N2O6. The van der Waals surface area contributed by atoms with Gasteiger partial charge in [-0.15, -0.1) is 0 Å². The van der Waals surface area contributed by atoms with Crippen LogP contribution in [0.5, 0.6) is 0 Å². The lowest BCUT2D eigenvalue weighted by atomic mass is 9.99. The molecule has 0 radical (unpaired) electrons. The molecule has 0 aromatic heterocycles. The maximum Gasteiger partial charge on any atom is 0.303 e. The Morgan fingerprint density at radius 3 is 2.15 bits per heavy atom. The largest absolute Gasteiger partial charge is 0.481 e. The minimum atomic E-state index is -0.890. The molecule has 39 heavy (non-hydrogen) atoms. The first-order valence-electron chi connectivity index (χ1n) is 14.3. The molecule has 0 unspecified atom stereocenters. The smallest absolute Gasteiger partial charge is 0.303 e. The zero-order chi connectivity index (χ0) is 27.5. The van der Waals surface area contributed by atoms with Crippen LogP contribution < -0.4 is 5.32 Å². The third-order valence-electron chi connectivity index (χ3n) is 7.56. The molecule has 8 nitrogen and oxygen atoms in total. The van der Waals surface area contributed by atoms with Crippen LogP contribution in [-0.2, 0) is 32.2 Å². The van der Waals surface area contributed by atoms with Crippen LogP contribution >= 0.6 is 0 Å². The Kier molecular flexibility index (Phi) is 11.3. The summed E-state index contributed by atoms with van der Waals surface area (Å²) in [7, 11) is 0. The van der Waals surface area contributed by atoms with E-state index in [0.717, 1.165) is 48.3 Å². The fraction of sp³-hybridized carbons (Fsp3) is 0.548. The number of benzene rings is 2. The van der Waals surface area contributed by atoms with Crippen molar-refractivity contribution in [3.63, 3.8) is 0 Å². The van der Waals surface area contributed by atoms with E-state index < -0.39 is 12.3 Å². The Bertz CT molecular complexity index is 1030. The fourth-order valence-electron chi connectivity index (χ4n) is 5.30. The topological polar surface area (TPSA) is 108 Å². The molecule has 1 amide bonds. The Balaban J connectivity index is 1.40. The van der Waals surface area contributed by atoms with Crippen LogP contribution in [-0.4, -0.2) is 52.7 Å². The molecule has 2 aromatic rings. The summed E-state index contributed by atoms with van der Waals surface area (Å²) < 4.78 is 13.0. The van der Waals surface area contributed by atoms with Crippen molar-refractivity contribution in [3.8, 4) is 0 Å². The monoisotopic (exact) mass is 538 g/mol. The number of carbonyl (C=O) groups is 2. The lowest BCUT2D eigenvalue weighted by Crippen LogP contribution is -2.40. The molecule has 0 bridgehead atoms. The van der Waals surface area contributed by atoms with E-state index in [4.69, 9.17) is 14.6 Å². The number of hydrogen-bond donors (Lipinski definition) is 3. The number of ether oxygens (including phenoxy) is 2. The number of nitrogens with zero attached hydrogens (tertiary/aromatic N) is 1. The summed E-state index contributed by atoms with van der Waals surface area (Å²) in [5.41, 5.74) is 3.85. The average molecular weight is 539 g/mol. The molecule has 3 N–H and O–H groups in total. The van der Waals surface area contributed by atoms with E-state index in [1.807, 2.05) is 48.5 Å². The van der Waals surface area contributed by atoms with Crippen LogP contribution in [0.3, 0.4) is 0 Å². The maximum atomic E-state index is 12.0. The first kappa shape index (κ1) is 29.2. The Hall–Kier alpha value is -2.78. The Morgan fingerprint density at radius 1 is 0.846 bits per heavy atom. The number of rotatable bonds is 11. The van der Waals surface area contributed by atoms with Gasteiger partial charge in [0.2, 0.25) is 5.91 Å². The first-order valence-corrected chi connectivity index (χ1v) is 14.3. The molecule has 3 atom stereocenters. The van der Waals surface area contributed by atoms with Gasteiger partial charge in [0.1, 0.15) is 0 Å². The van der Waals surface area contributed by atoms with Crippen molar-refractivity contribution in [1.82, 2.24) is 10.2 Å². The van der Waals surface area contributed by atoms with Gasteiger partial charge in [-0.25, -0.2) is 0 Å². The molecule has 2 fully saturated rings. The van der Waals surface area contributed by atoms with Gasteiger partial charge in [0.05, 0.1) is 18.8 Å². The fourth-order valence-corrected chi connectivity index (χ4v) is 5.30. The average Bonchev–Trinajstić information content (AvgIpc) is 2.93. The minimum absolute atomic E-state index is 0.00513. The molecule has 2 heterocycles. The lowest BCUT2D eigenvalue weighted by Gasteiger charge is -2.38. The van der Waals surface area contributed by atoms with Crippen LogP contribution in [0.15, 0.2) is 48.5 Å². The van der Waals surface area contributed by atoms with E-state index in [0.29, 0.717) is 13.0 Å². The zero-order valence-electron chi connectivity index (χ0n) is 22.7. The number of likely N-dealkylation sites (tertiary alicyclic amines) is 1. The highest BCUT2D eigenvalue weighted by Gasteiger charge is 2.33. The van der Waals surface area contributed by atoms with Gasteiger partial charge in [0.15, 0.2) is 6.29 Å². The van der Waals surface area contributed by atoms with Crippen LogP contribution in [0.25, 0.3) is 0 Å². The van der Waals surface area contributed by atoms with E-state index >= 15 is 0 Å². The molecule has 0 spiro atoms. The molecule has 2 aliphatic rings. The number of nitrogens with one attached hydrogen (secondary N) is 1. The predicted molar refractivity (Wildman–Crippen MR) is 148 cm³/mol. The number of aliphatic hydroxyl groups excluding tert-OH is 1. The molecule has 2 aliphatic heterocycles. The van der Waals surface area contributed by atoms with Crippen LogP contribution in [0, 0.1) is 0 Å². The van der Waals surface area contributed by atoms with E-state index in [-0.39, 0.29) is 37.6 Å². The summed E-state index contributed by atoms with van der Waals surface area (Å²) in [6, 6.07) is 15.9. The van der Waals surface area contributed by atoms with E-state index in [1.165, 1.54) is 32.1 Å². The highest BCUT2D eigenvalue weighted by Crippen LogP contribution is 2.38. The Morgan fingerprint density at radius 2 is 1.49 bits per heavy atom. The van der Waals surface area contributed by atoms with Gasteiger partial charge in [-0.1, -0.05) is 67.8 Å². The standard InChI is InChI=1S/C31H42N2O6/c34-22-24-11-13-25(14-12-24)28-19-27(21-33-17-4-2-1-3-5-18-33)38-31(39-28)26-15-9-23(10-16-26)20-32-29(35)7-6-8-30(36)37/h9-16,27-28,31,34H,1-8,17-22H2,(H,32,35)(H,36,37)/t27-,28+,31+/m1/s1. The third kappa shape index (κ3) is 9.42. The van der Waals surface area contributed by atoms with Crippen molar-refractivity contribution in [1.29, 1.82) is 0 Å². The van der Waals surface area contributed by atoms with Crippen LogP contribution in [0.4, 0.5) is 0 Å². The van der Waals surface area contributed by atoms with Crippen molar-refractivity contribution in [3.05, 3.63) is 70.8 Å². The third-order valence-corrected chi connectivity index (χ3v) is 7.56. The zero-order valence-corrected chi connectivity index (χ0v) is 22.7. The van der Waals surface area contributed by atoms with Gasteiger partial charge in [0, 0.05) is 37.9 Å². The van der Waals surface area contributed by atoms with Gasteiger partial charge in [-0.2, -0.15) is 0 Å². The lowest BCUT2D eigenvalue weighted by molar-refractivity contribution is -0.253. The van der Waals surface area contributed by atoms with E-state index in [1.54, 1.807) is 0 Å². The molecule has 2 saturated heterocycles. The minimum Gasteiger partial charge on any atom is -0.481 e. The predicted octanol–water partition coefficient (Wildman–Crippen LogP) is 4.86. The van der Waals surface area contributed by atoms with E-state index in [9.17, 15) is 14.7 Å². The van der Waals surface area contributed by atoms with E-state index in [2.05, 4.69) is 10.2 Å². The first-order chi connectivity index (χ1) is 19.0. The second-order valence-corrected chi connectivity index (χ2v) is 10.7.